The number of primary amides is 1. The Morgan fingerprint density at radius 1 is 1.18 bits per heavy atom. The van der Waals surface area contributed by atoms with E-state index in [1.165, 1.54) is 18.5 Å². The summed E-state index contributed by atoms with van der Waals surface area (Å²) in [5.41, 5.74) is 4.92. The predicted molar refractivity (Wildman–Crippen MR) is 55.9 cm³/mol. The normalized spacial score (nSPS) is 10.2. The molecule has 1 aromatic heterocycles. The zero-order valence-corrected chi connectivity index (χ0v) is 8.52. The first kappa shape index (κ1) is 11.1. The number of hydrogen-bond acceptors (Lipinski definition) is 3. The quantitative estimate of drug-likeness (QED) is 0.857. The van der Waals surface area contributed by atoms with E-state index in [0.717, 1.165) is 6.07 Å². The van der Waals surface area contributed by atoms with Gasteiger partial charge in [-0.1, -0.05) is 0 Å². The lowest BCUT2D eigenvalue weighted by molar-refractivity contribution is 0.0996. The molecule has 86 valence electrons. The average Bonchev–Trinajstić information content (AvgIpc) is 2.29. The van der Waals surface area contributed by atoms with Crippen LogP contribution >= 0.6 is 0 Å². The first-order chi connectivity index (χ1) is 8.09. The van der Waals surface area contributed by atoms with Gasteiger partial charge in [-0.25, -0.2) is 13.8 Å². The number of nitrogens with zero attached hydrogens (tertiary/aromatic N) is 2. The van der Waals surface area contributed by atoms with Crippen LogP contribution in [-0.2, 0) is 0 Å². The van der Waals surface area contributed by atoms with E-state index in [9.17, 15) is 13.6 Å². The summed E-state index contributed by atoms with van der Waals surface area (Å²) >= 11 is 0. The van der Waals surface area contributed by atoms with Crippen LogP contribution in [0.3, 0.4) is 0 Å². The molecule has 0 radical (unpaired) electrons. The summed E-state index contributed by atoms with van der Waals surface area (Å²) in [4.78, 5) is 18.7. The van der Waals surface area contributed by atoms with E-state index in [0.29, 0.717) is 6.07 Å². The van der Waals surface area contributed by atoms with Crippen LogP contribution in [-0.4, -0.2) is 15.9 Å². The van der Waals surface area contributed by atoms with E-state index in [-0.39, 0.29) is 17.0 Å². The first-order valence-electron chi connectivity index (χ1n) is 4.66. The number of halogens is 2. The Labute approximate surface area is 95.1 Å². The van der Waals surface area contributed by atoms with Crippen molar-refractivity contribution >= 4 is 5.91 Å². The van der Waals surface area contributed by atoms with E-state index < -0.39 is 17.5 Å². The minimum Gasteiger partial charge on any atom is -0.364 e. The van der Waals surface area contributed by atoms with Crippen molar-refractivity contribution in [3.8, 4) is 11.3 Å². The van der Waals surface area contributed by atoms with Gasteiger partial charge in [0.25, 0.3) is 5.91 Å². The van der Waals surface area contributed by atoms with Gasteiger partial charge in [0.2, 0.25) is 0 Å². The number of rotatable bonds is 2. The minimum absolute atomic E-state index is 0.00231. The second kappa shape index (κ2) is 4.25. The van der Waals surface area contributed by atoms with Gasteiger partial charge in [-0.3, -0.25) is 9.78 Å². The second-order valence-electron chi connectivity index (χ2n) is 3.24. The molecule has 2 N–H and O–H groups in total. The third kappa shape index (κ3) is 2.10. The van der Waals surface area contributed by atoms with E-state index >= 15 is 0 Å². The van der Waals surface area contributed by atoms with E-state index in [1.807, 2.05) is 0 Å². The highest BCUT2D eigenvalue weighted by Crippen LogP contribution is 2.23. The molecule has 0 aliphatic heterocycles. The Morgan fingerprint density at radius 2 is 1.88 bits per heavy atom. The van der Waals surface area contributed by atoms with Gasteiger partial charge in [0, 0.05) is 24.0 Å². The molecule has 0 atom stereocenters. The lowest BCUT2D eigenvalue weighted by atomic mass is 10.1. The van der Waals surface area contributed by atoms with E-state index in [4.69, 9.17) is 5.73 Å². The number of aromatic nitrogens is 2. The third-order valence-electron chi connectivity index (χ3n) is 2.12. The number of benzene rings is 1. The van der Waals surface area contributed by atoms with Gasteiger partial charge in [0.15, 0.2) is 5.69 Å². The lowest BCUT2D eigenvalue weighted by Crippen LogP contribution is -2.15. The second-order valence-corrected chi connectivity index (χ2v) is 3.24. The van der Waals surface area contributed by atoms with Crippen LogP contribution in [0.4, 0.5) is 8.78 Å². The maximum absolute atomic E-state index is 13.5. The maximum atomic E-state index is 13.5. The molecule has 1 amide bonds. The van der Waals surface area contributed by atoms with Gasteiger partial charge in [-0.15, -0.1) is 0 Å². The Kier molecular flexibility index (Phi) is 2.78. The molecule has 6 heteroatoms. The summed E-state index contributed by atoms with van der Waals surface area (Å²) in [6.45, 7) is 0. The molecule has 1 aromatic carbocycles. The van der Waals surface area contributed by atoms with Crippen molar-refractivity contribution in [3.63, 3.8) is 0 Å². The van der Waals surface area contributed by atoms with Crippen molar-refractivity contribution in [3.05, 3.63) is 47.9 Å². The molecular weight excluding hydrogens is 228 g/mol. The first-order valence-corrected chi connectivity index (χ1v) is 4.66. The molecule has 2 aromatic rings. The maximum Gasteiger partial charge on any atom is 0.269 e. The summed E-state index contributed by atoms with van der Waals surface area (Å²) in [7, 11) is 0. The summed E-state index contributed by atoms with van der Waals surface area (Å²) in [5.74, 6) is -2.36. The van der Waals surface area contributed by atoms with Crippen molar-refractivity contribution in [1.82, 2.24) is 9.97 Å². The molecule has 17 heavy (non-hydrogen) atoms. The molecule has 4 nitrogen and oxygen atoms in total. The predicted octanol–water partition coefficient (Wildman–Crippen LogP) is 1.52. The van der Waals surface area contributed by atoms with Gasteiger partial charge < -0.3 is 5.73 Å². The van der Waals surface area contributed by atoms with Crippen molar-refractivity contribution in [2.24, 2.45) is 5.73 Å². The van der Waals surface area contributed by atoms with Crippen LogP contribution in [0.25, 0.3) is 11.3 Å². The van der Waals surface area contributed by atoms with Crippen molar-refractivity contribution in [2.45, 2.75) is 0 Å². The monoisotopic (exact) mass is 235 g/mol. The van der Waals surface area contributed by atoms with Gasteiger partial charge >= 0.3 is 0 Å². The number of carbonyl (C=O) groups is 1. The van der Waals surface area contributed by atoms with E-state index in [1.54, 1.807) is 0 Å². The molecule has 0 saturated heterocycles. The number of amides is 1. The Balaban J connectivity index is 2.64. The largest absolute Gasteiger partial charge is 0.364 e. The minimum atomic E-state index is -0.826. The highest BCUT2D eigenvalue weighted by molar-refractivity contribution is 5.96. The van der Waals surface area contributed by atoms with Crippen molar-refractivity contribution < 1.29 is 13.6 Å². The van der Waals surface area contributed by atoms with Crippen LogP contribution in [0.2, 0.25) is 0 Å². The highest BCUT2D eigenvalue weighted by atomic mass is 19.1. The van der Waals surface area contributed by atoms with Crippen LogP contribution < -0.4 is 5.73 Å². The zero-order chi connectivity index (χ0) is 12.4. The van der Waals surface area contributed by atoms with Crippen molar-refractivity contribution in [2.75, 3.05) is 0 Å². The number of hydrogen-bond donors (Lipinski definition) is 1. The fraction of sp³-hybridized carbons (Fsp3) is 0. The summed E-state index contributed by atoms with van der Waals surface area (Å²) in [6.07, 6.45) is 2.57. The van der Waals surface area contributed by atoms with E-state index in [2.05, 4.69) is 9.97 Å². The topological polar surface area (TPSA) is 68.9 Å². The molecule has 0 aliphatic rings. The molecule has 0 fully saturated rings. The Hall–Kier alpha value is -2.37. The van der Waals surface area contributed by atoms with Gasteiger partial charge in [-0.2, -0.15) is 0 Å². The molecule has 0 spiro atoms. The molecule has 0 unspecified atom stereocenters. The molecule has 0 saturated carbocycles. The van der Waals surface area contributed by atoms with Gasteiger partial charge in [0.1, 0.15) is 17.3 Å². The van der Waals surface area contributed by atoms with Crippen LogP contribution in [0.5, 0.6) is 0 Å². The third-order valence-corrected chi connectivity index (χ3v) is 2.12. The lowest BCUT2D eigenvalue weighted by Gasteiger charge is -2.05. The molecule has 2 rings (SSSR count). The zero-order valence-electron chi connectivity index (χ0n) is 8.52. The Morgan fingerprint density at radius 3 is 2.53 bits per heavy atom. The highest BCUT2D eigenvalue weighted by Gasteiger charge is 2.16. The SMILES string of the molecule is NC(=O)c1nccnc1-c1ccc(F)cc1F. The Bertz CT molecular complexity index is 587. The summed E-state index contributed by atoms with van der Waals surface area (Å²) < 4.78 is 26.3. The molecule has 0 aliphatic carbocycles. The fourth-order valence-electron chi connectivity index (χ4n) is 1.40. The number of carbonyl (C=O) groups excluding carboxylic acids is 1. The molecule has 1 heterocycles. The van der Waals surface area contributed by atoms with Crippen LogP contribution in [0.15, 0.2) is 30.6 Å². The average molecular weight is 235 g/mol. The summed E-state index contributed by atoms with van der Waals surface area (Å²) in [6, 6.07) is 2.95. The van der Waals surface area contributed by atoms with Crippen LogP contribution in [0.1, 0.15) is 10.5 Å². The summed E-state index contributed by atoms with van der Waals surface area (Å²) in [5, 5.41) is 0. The number of nitrogens with two attached hydrogens (primary N) is 1. The van der Waals surface area contributed by atoms with Crippen molar-refractivity contribution in [1.29, 1.82) is 0 Å². The smallest absolute Gasteiger partial charge is 0.269 e. The standard InChI is InChI=1S/C11H7F2N3O/c12-6-1-2-7(8(13)5-6)9-10(11(14)17)16-4-3-15-9/h1-5H,(H2,14,17). The van der Waals surface area contributed by atoms with Crippen LogP contribution in [0, 0.1) is 11.6 Å². The van der Waals surface area contributed by atoms with Gasteiger partial charge in [-0.05, 0) is 12.1 Å². The fourth-order valence-corrected chi connectivity index (χ4v) is 1.40. The molecular formula is C11H7F2N3O. The van der Waals surface area contributed by atoms with Gasteiger partial charge in [0.05, 0.1) is 0 Å². The molecule has 0 bridgehead atoms.